The van der Waals surface area contributed by atoms with Crippen LogP contribution in [0.2, 0.25) is 0 Å². The van der Waals surface area contributed by atoms with Gasteiger partial charge in [-0.3, -0.25) is 4.79 Å². The Balaban J connectivity index is 2.23. The van der Waals surface area contributed by atoms with Crippen molar-refractivity contribution in [3.63, 3.8) is 0 Å². The Morgan fingerprint density at radius 2 is 2.12 bits per heavy atom. The van der Waals surface area contributed by atoms with Crippen LogP contribution in [0.5, 0.6) is 0 Å². The van der Waals surface area contributed by atoms with Gasteiger partial charge in [0.1, 0.15) is 5.60 Å². The molecule has 16 heavy (non-hydrogen) atoms. The predicted octanol–water partition coefficient (Wildman–Crippen LogP) is 2.49. The lowest BCUT2D eigenvalue weighted by atomic mass is 10.2. The number of esters is 1. The first-order valence-corrected chi connectivity index (χ1v) is 6.16. The Labute approximate surface area is 101 Å². The summed E-state index contributed by atoms with van der Waals surface area (Å²) in [7, 11) is 0. The van der Waals surface area contributed by atoms with E-state index in [-0.39, 0.29) is 12.5 Å². The summed E-state index contributed by atoms with van der Waals surface area (Å²) in [5.41, 5.74) is -0.404. The molecule has 0 bridgehead atoms. The van der Waals surface area contributed by atoms with Crippen molar-refractivity contribution in [3.05, 3.63) is 21.9 Å². The monoisotopic (exact) mass is 241 g/mol. The minimum Gasteiger partial charge on any atom is -0.459 e. The molecule has 0 aliphatic carbocycles. The van der Waals surface area contributed by atoms with Crippen LogP contribution in [0.15, 0.2) is 12.1 Å². The minimum absolute atomic E-state index is 0.208. The first-order valence-electron chi connectivity index (χ1n) is 5.35. The summed E-state index contributed by atoms with van der Waals surface area (Å²) in [5, 5.41) is 3.07. The fraction of sp³-hybridized carbons (Fsp3) is 0.583. The van der Waals surface area contributed by atoms with Gasteiger partial charge in [-0.1, -0.05) is 0 Å². The average Bonchev–Trinajstić information content (AvgIpc) is 2.48. The molecule has 0 aromatic carbocycles. The highest BCUT2D eigenvalue weighted by Gasteiger charge is 2.15. The van der Waals surface area contributed by atoms with Crippen molar-refractivity contribution in [2.75, 3.05) is 6.54 Å². The van der Waals surface area contributed by atoms with Crippen molar-refractivity contribution >= 4 is 17.3 Å². The van der Waals surface area contributed by atoms with Gasteiger partial charge in [-0.15, -0.1) is 11.3 Å². The zero-order valence-electron chi connectivity index (χ0n) is 10.3. The maximum Gasteiger partial charge on any atom is 0.320 e. The molecule has 0 radical (unpaired) electrons. The molecule has 0 amide bonds. The molecule has 1 N–H and O–H groups in total. The van der Waals surface area contributed by atoms with Crippen LogP contribution < -0.4 is 5.32 Å². The molecule has 1 aromatic heterocycles. The lowest BCUT2D eigenvalue weighted by Gasteiger charge is -2.19. The molecule has 90 valence electrons. The van der Waals surface area contributed by atoms with Gasteiger partial charge in [0.25, 0.3) is 0 Å². The summed E-state index contributed by atoms with van der Waals surface area (Å²) in [6.07, 6.45) is 0. The molecule has 0 aliphatic rings. The number of carbonyl (C=O) groups is 1. The van der Waals surface area contributed by atoms with Gasteiger partial charge in [0.05, 0.1) is 6.54 Å². The first-order chi connectivity index (χ1) is 7.37. The van der Waals surface area contributed by atoms with Gasteiger partial charge < -0.3 is 10.1 Å². The van der Waals surface area contributed by atoms with Gasteiger partial charge in [-0.05, 0) is 39.8 Å². The SMILES string of the molecule is Cc1ccc(CNCC(=O)OC(C)(C)C)s1. The van der Waals surface area contributed by atoms with E-state index in [1.54, 1.807) is 11.3 Å². The van der Waals surface area contributed by atoms with Gasteiger partial charge in [0, 0.05) is 16.3 Å². The van der Waals surface area contributed by atoms with Gasteiger partial charge >= 0.3 is 5.97 Å². The molecule has 0 atom stereocenters. The second-order valence-electron chi connectivity index (χ2n) is 4.70. The van der Waals surface area contributed by atoms with E-state index >= 15 is 0 Å². The summed E-state index contributed by atoms with van der Waals surface area (Å²) >= 11 is 1.74. The fourth-order valence-electron chi connectivity index (χ4n) is 1.25. The van der Waals surface area contributed by atoms with Crippen molar-refractivity contribution < 1.29 is 9.53 Å². The molecule has 0 unspecified atom stereocenters. The zero-order chi connectivity index (χ0) is 12.2. The molecule has 0 aliphatic heterocycles. The molecule has 1 aromatic rings. The third kappa shape index (κ3) is 5.28. The molecule has 4 heteroatoms. The summed E-state index contributed by atoms with van der Waals surface area (Å²) in [6.45, 7) is 8.66. The molecule has 0 saturated carbocycles. The maximum atomic E-state index is 11.4. The van der Waals surface area contributed by atoms with Crippen molar-refractivity contribution in [1.29, 1.82) is 0 Å². The summed E-state index contributed by atoms with van der Waals surface area (Å²) in [4.78, 5) is 13.9. The van der Waals surface area contributed by atoms with E-state index in [2.05, 4.69) is 24.4 Å². The number of hydrogen-bond acceptors (Lipinski definition) is 4. The van der Waals surface area contributed by atoms with Crippen LogP contribution >= 0.6 is 11.3 Å². The van der Waals surface area contributed by atoms with Gasteiger partial charge in [0.15, 0.2) is 0 Å². The van der Waals surface area contributed by atoms with E-state index in [9.17, 15) is 4.79 Å². The number of carbonyl (C=O) groups excluding carboxylic acids is 1. The molecule has 0 saturated heterocycles. The standard InChI is InChI=1S/C12H19NO2S/c1-9-5-6-10(16-9)7-13-8-11(14)15-12(2,3)4/h5-6,13H,7-8H2,1-4H3. The lowest BCUT2D eigenvalue weighted by molar-refractivity contribution is -0.153. The summed E-state index contributed by atoms with van der Waals surface area (Å²) < 4.78 is 5.18. The third-order valence-electron chi connectivity index (χ3n) is 1.78. The third-order valence-corrected chi connectivity index (χ3v) is 2.79. The zero-order valence-corrected chi connectivity index (χ0v) is 11.1. The molecule has 3 nitrogen and oxygen atoms in total. The Morgan fingerprint density at radius 1 is 1.44 bits per heavy atom. The van der Waals surface area contributed by atoms with Gasteiger partial charge in [-0.2, -0.15) is 0 Å². The molecule has 1 heterocycles. The van der Waals surface area contributed by atoms with Crippen molar-refractivity contribution in [1.82, 2.24) is 5.32 Å². The van der Waals surface area contributed by atoms with E-state index in [4.69, 9.17) is 4.74 Å². The molecule has 1 rings (SSSR count). The van der Waals surface area contributed by atoms with Crippen LogP contribution in [-0.2, 0) is 16.1 Å². The van der Waals surface area contributed by atoms with Crippen LogP contribution in [0.25, 0.3) is 0 Å². The molecule has 0 fully saturated rings. The van der Waals surface area contributed by atoms with E-state index in [0.29, 0.717) is 0 Å². The second kappa shape index (κ2) is 5.46. The number of rotatable bonds is 4. The summed E-state index contributed by atoms with van der Waals surface area (Å²) in [5.74, 6) is -0.208. The van der Waals surface area contributed by atoms with Crippen molar-refractivity contribution in [2.45, 2.75) is 39.8 Å². The number of ether oxygens (including phenoxy) is 1. The van der Waals surface area contributed by atoms with Crippen LogP contribution in [0.4, 0.5) is 0 Å². The van der Waals surface area contributed by atoms with E-state index in [0.717, 1.165) is 6.54 Å². The highest BCUT2D eigenvalue weighted by atomic mass is 32.1. The highest BCUT2D eigenvalue weighted by molar-refractivity contribution is 7.11. The largest absolute Gasteiger partial charge is 0.459 e. The number of aryl methyl sites for hydroxylation is 1. The first kappa shape index (κ1) is 13.2. The maximum absolute atomic E-state index is 11.4. The number of hydrogen-bond donors (Lipinski definition) is 1. The normalized spacial score (nSPS) is 11.5. The fourth-order valence-corrected chi connectivity index (χ4v) is 2.11. The van der Waals surface area contributed by atoms with E-state index in [1.807, 2.05) is 20.8 Å². The Bertz CT molecular complexity index is 352. The van der Waals surface area contributed by atoms with Crippen LogP contribution in [0.1, 0.15) is 30.5 Å². The minimum atomic E-state index is -0.404. The topological polar surface area (TPSA) is 38.3 Å². The Morgan fingerprint density at radius 3 is 2.62 bits per heavy atom. The number of nitrogens with one attached hydrogen (secondary N) is 1. The predicted molar refractivity (Wildman–Crippen MR) is 66.6 cm³/mol. The summed E-state index contributed by atoms with van der Waals surface area (Å²) in [6, 6.07) is 4.15. The average molecular weight is 241 g/mol. The van der Waals surface area contributed by atoms with Crippen molar-refractivity contribution in [2.24, 2.45) is 0 Å². The molecule has 0 spiro atoms. The lowest BCUT2D eigenvalue weighted by Crippen LogP contribution is -2.31. The van der Waals surface area contributed by atoms with Crippen molar-refractivity contribution in [3.8, 4) is 0 Å². The molecular weight excluding hydrogens is 222 g/mol. The van der Waals surface area contributed by atoms with Crippen LogP contribution in [-0.4, -0.2) is 18.1 Å². The Hall–Kier alpha value is -0.870. The van der Waals surface area contributed by atoms with Gasteiger partial charge in [-0.25, -0.2) is 0 Å². The second-order valence-corrected chi connectivity index (χ2v) is 6.07. The highest BCUT2D eigenvalue weighted by Crippen LogP contribution is 2.14. The van der Waals surface area contributed by atoms with Gasteiger partial charge in [0.2, 0.25) is 0 Å². The number of thiophene rings is 1. The Kier molecular flexibility index (Phi) is 4.50. The van der Waals surface area contributed by atoms with Crippen LogP contribution in [0.3, 0.4) is 0 Å². The van der Waals surface area contributed by atoms with Crippen LogP contribution in [0, 0.1) is 6.92 Å². The molecular formula is C12H19NO2S. The quantitative estimate of drug-likeness (QED) is 0.823. The smallest absolute Gasteiger partial charge is 0.320 e. The van der Waals surface area contributed by atoms with E-state index in [1.165, 1.54) is 9.75 Å². The van der Waals surface area contributed by atoms with E-state index < -0.39 is 5.60 Å².